The topological polar surface area (TPSA) is 197 Å². The number of methoxy groups -OCH3 is 6. The number of pyridine rings is 2. The fourth-order valence-electron chi connectivity index (χ4n) is 9.83. The first kappa shape index (κ1) is 46.9. The number of carbonyl (C=O) groups excluding carboxylic acids is 2. The van der Waals surface area contributed by atoms with E-state index in [-0.39, 0.29) is 23.9 Å². The predicted octanol–water partition coefficient (Wildman–Crippen LogP) is 6.57. The third-order valence-electron chi connectivity index (χ3n) is 13.0. The highest BCUT2D eigenvalue weighted by Gasteiger charge is 2.42. The molecule has 0 saturated heterocycles. The number of ether oxygens (including phenoxy) is 10. The Morgan fingerprint density at radius 3 is 1.43 bits per heavy atom. The number of fused-ring (bicyclic) bond motifs is 6. The first-order chi connectivity index (χ1) is 32.5. The van der Waals surface area contributed by atoms with E-state index in [1.807, 2.05) is 38.1 Å². The Balaban J connectivity index is 0.952. The minimum Gasteiger partial charge on any atom is -0.496 e. The number of carbonyl (C=O) groups is 2. The molecule has 2 fully saturated rings. The van der Waals surface area contributed by atoms with E-state index in [1.54, 1.807) is 67.2 Å². The Morgan fingerprint density at radius 1 is 0.567 bits per heavy atom. The lowest BCUT2D eigenvalue weighted by Gasteiger charge is -2.39. The van der Waals surface area contributed by atoms with Crippen molar-refractivity contribution in [2.24, 2.45) is 9.98 Å². The lowest BCUT2D eigenvalue weighted by molar-refractivity contribution is -0.167. The smallest absolute Gasteiger partial charge is 0.335 e. The van der Waals surface area contributed by atoms with Crippen LogP contribution in [0.3, 0.4) is 0 Å². The number of esters is 2. The molecular weight excluding hydrogens is 865 g/mol. The summed E-state index contributed by atoms with van der Waals surface area (Å²) < 4.78 is 57.6. The third-order valence-corrected chi connectivity index (χ3v) is 13.0. The maximum Gasteiger partial charge on any atom is 0.335 e. The zero-order valence-electron chi connectivity index (χ0n) is 39.2. The number of aliphatic imine (C=N–C) groups is 2. The second-order valence-corrected chi connectivity index (χ2v) is 16.7. The molecule has 17 nitrogen and oxygen atoms in total. The minimum atomic E-state index is -1.72. The van der Waals surface area contributed by atoms with Crippen LogP contribution in [0, 0.1) is 0 Å². The van der Waals surface area contributed by atoms with Gasteiger partial charge in [-0.2, -0.15) is 0 Å². The normalized spacial score (nSPS) is 21.9. The van der Waals surface area contributed by atoms with Gasteiger partial charge in [0.2, 0.25) is 11.8 Å². The van der Waals surface area contributed by atoms with Gasteiger partial charge in [-0.1, -0.05) is 0 Å². The number of hydrogen-bond acceptors (Lipinski definition) is 17. The molecule has 8 rings (SSSR count). The Labute approximate surface area is 389 Å². The third kappa shape index (κ3) is 9.51. The van der Waals surface area contributed by atoms with Gasteiger partial charge in [0, 0.05) is 47.5 Å². The average molecular weight is 923 g/mol. The minimum absolute atomic E-state index is 0.136. The standard InChI is InChI=1S/C50H58N4O13/c1-9-64-43-17-28-30-15-26(11-13-36(30)53-48(32(28)19-41(43)60-5)34-24-51-45(62-7)22-39(34)58-3)66-47(56)21-38(55)50(57)67-27-12-14-37-31(16-27)29-18-44(65-10-2)42(61-6)20-33(29)49(54-37)35-25-52-46(63-8)23-40(35)59-4/h17-20,22-27,30-31,36-38,55H,9-16,21H2,1-8H3/t26-,27-,30-,31-,36-,37-,38?/m0/s1. The van der Waals surface area contributed by atoms with Crippen LogP contribution in [0.15, 0.2) is 58.8 Å². The van der Waals surface area contributed by atoms with E-state index in [1.165, 1.54) is 0 Å². The van der Waals surface area contributed by atoms with E-state index in [2.05, 4.69) is 9.97 Å². The van der Waals surface area contributed by atoms with E-state index < -0.39 is 36.7 Å². The molecule has 17 heteroatoms. The van der Waals surface area contributed by atoms with Gasteiger partial charge in [0.05, 0.1) is 96.9 Å². The molecule has 4 aliphatic rings. The van der Waals surface area contributed by atoms with Crippen molar-refractivity contribution in [2.45, 2.75) is 101 Å². The lowest BCUT2D eigenvalue weighted by atomic mass is 9.74. The molecule has 2 aliphatic heterocycles. The summed E-state index contributed by atoms with van der Waals surface area (Å²) in [5, 5.41) is 11.1. The first-order valence-corrected chi connectivity index (χ1v) is 22.6. The zero-order chi connectivity index (χ0) is 47.4. The van der Waals surface area contributed by atoms with Crippen molar-refractivity contribution in [1.29, 1.82) is 0 Å². The van der Waals surface area contributed by atoms with Crippen LogP contribution in [-0.2, 0) is 19.1 Å². The Hall–Kier alpha value is -6.62. The van der Waals surface area contributed by atoms with Crippen LogP contribution < -0.4 is 37.9 Å². The van der Waals surface area contributed by atoms with Gasteiger partial charge in [-0.25, -0.2) is 14.8 Å². The molecule has 2 aliphatic carbocycles. The molecule has 7 atom stereocenters. The van der Waals surface area contributed by atoms with Crippen LogP contribution >= 0.6 is 0 Å². The summed E-state index contributed by atoms with van der Waals surface area (Å²) in [6.45, 7) is 4.67. The highest BCUT2D eigenvalue weighted by atomic mass is 16.6. The van der Waals surface area contributed by atoms with Crippen molar-refractivity contribution in [3.63, 3.8) is 0 Å². The summed E-state index contributed by atoms with van der Waals surface area (Å²) in [5.41, 5.74) is 6.31. The van der Waals surface area contributed by atoms with E-state index in [0.29, 0.717) is 121 Å². The van der Waals surface area contributed by atoms with Gasteiger partial charge in [-0.15, -0.1) is 0 Å². The zero-order valence-corrected chi connectivity index (χ0v) is 39.2. The van der Waals surface area contributed by atoms with Gasteiger partial charge in [0.15, 0.2) is 29.1 Å². The van der Waals surface area contributed by atoms with Crippen LogP contribution in [0.4, 0.5) is 0 Å². The molecule has 0 amide bonds. The molecule has 0 spiro atoms. The fourth-order valence-corrected chi connectivity index (χ4v) is 9.83. The molecule has 1 unspecified atom stereocenters. The van der Waals surface area contributed by atoms with Gasteiger partial charge < -0.3 is 52.5 Å². The Morgan fingerprint density at radius 2 is 1.01 bits per heavy atom. The van der Waals surface area contributed by atoms with E-state index in [9.17, 15) is 14.7 Å². The predicted molar refractivity (Wildman–Crippen MR) is 245 cm³/mol. The average Bonchev–Trinajstić information content (AvgIpc) is 3.35. The number of rotatable bonds is 17. The number of aromatic nitrogens is 2. The quantitative estimate of drug-likeness (QED) is 0.112. The molecule has 4 aromatic rings. The second-order valence-electron chi connectivity index (χ2n) is 16.7. The van der Waals surface area contributed by atoms with Crippen molar-refractivity contribution >= 4 is 23.4 Å². The molecule has 356 valence electrons. The maximum atomic E-state index is 13.5. The fraction of sp³-hybridized carbons (Fsp3) is 0.480. The molecule has 2 aromatic heterocycles. The van der Waals surface area contributed by atoms with Crippen LogP contribution in [0.5, 0.6) is 46.3 Å². The monoisotopic (exact) mass is 922 g/mol. The van der Waals surface area contributed by atoms with Crippen LogP contribution in [-0.4, -0.2) is 125 Å². The highest BCUT2D eigenvalue weighted by Crippen LogP contribution is 2.48. The maximum absolute atomic E-state index is 13.5. The van der Waals surface area contributed by atoms with Gasteiger partial charge in [-0.05, 0) is 87.8 Å². The van der Waals surface area contributed by atoms with Gasteiger partial charge in [0.1, 0.15) is 23.7 Å². The number of aliphatic hydroxyl groups is 1. The number of hydrogen-bond donors (Lipinski definition) is 1. The molecule has 2 saturated carbocycles. The van der Waals surface area contributed by atoms with Crippen molar-refractivity contribution in [3.8, 4) is 46.3 Å². The number of nitrogens with zero attached hydrogens (tertiary/aromatic N) is 4. The molecule has 2 aromatic carbocycles. The number of benzene rings is 2. The second kappa shape index (κ2) is 20.5. The summed E-state index contributed by atoms with van der Waals surface area (Å²) >= 11 is 0. The van der Waals surface area contributed by atoms with Crippen molar-refractivity contribution in [3.05, 3.63) is 82.2 Å². The summed E-state index contributed by atoms with van der Waals surface area (Å²) in [6, 6.07) is 10.9. The molecule has 0 radical (unpaired) electrons. The molecule has 1 N–H and O–H groups in total. The van der Waals surface area contributed by atoms with E-state index in [4.69, 9.17) is 57.4 Å². The van der Waals surface area contributed by atoms with Crippen LogP contribution in [0.2, 0.25) is 0 Å². The largest absolute Gasteiger partial charge is 0.496 e. The summed E-state index contributed by atoms with van der Waals surface area (Å²) in [7, 11) is 9.43. The van der Waals surface area contributed by atoms with Crippen molar-refractivity contribution in [1.82, 2.24) is 9.97 Å². The van der Waals surface area contributed by atoms with Crippen LogP contribution in [0.1, 0.15) is 104 Å². The van der Waals surface area contributed by atoms with E-state index >= 15 is 0 Å². The van der Waals surface area contributed by atoms with Crippen LogP contribution in [0.25, 0.3) is 0 Å². The van der Waals surface area contributed by atoms with Crippen molar-refractivity contribution in [2.75, 3.05) is 55.9 Å². The summed E-state index contributed by atoms with van der Waals surface area (Å²) in [5.74, 6) is 2.31. The molecule has 67 heavy (non-hydrogen) atoms. The molecule has 0 bridgehead atoms. The summed E-state index contributed by atoms with van der Waals surface area (Å²) in [6.07, 6.45) is 3.20. The van der Waals surface area contributed by atoms with Gasteiger partial charge in [0.25, 0.3) is 0 Å². The lowest BCUT2D eigenvalue weighted by Crippen LogP contribution is -2.39. The Kier molecular flexibility index (Phi) is 14.3. The van der Waals surface area contributed by atoms with E-state index in [0.717, 1.165) is 22.3 Å². The SMILES string of the molecule is CCOc1cc2c(cc1OC)C(c1cnc(OC)cc1OC)=N[C@H]1CC[C@H](OC(=O)CC(O)C(=O)O[C@H]3CC[C@@H]4N=C(c5cnc(OC)cc5OC)c5cc(OC)c(OCC)cc5[C@@H]4C3)C[C@@H]21. The molecule has 4 heterocycles. The number of aliphatic hydroxyl groups excluding tert-OH is 1. The van der Waals surface area contributed by atoms with Gasteiger partial charge >= 0.3 is 11.9 Å². The highest BCUT2D eigenvalue weighted by molar-refractivity contribution is 6.17. The van der Waals surface area contributed by atoms with Crippen molar-refractivity contribution < 1.29 is 62.1 Å². The van der Waals surface area contributed by atoms with Gasteiger partial charge in [-0.3, -0.25) is 14.8 Å². The molecular formula is C50H58N4O13. The Bertz CT molecular complexity index is 2550. The first-order valence-electron chi connectivity index (χ1n) is 22.6. The summed E-state index contributed by atoms with van der Waals surface area (Å²) in [4.78, 5) is 46.3.